The largest absolute Gasteiger partial charge is 0.497 e. The molecule has 0 spiro atoms. The van der Waals surface area contributed by atoms with Gasteiger partial charge >= 0.3 is 6.01 Å². The van der Waals surface area contributed by atoms with Crippen LogP contribution in [0.5, 0.6) is 17.5 Å². The molecule has 17 heavy (non-hydrogen) atoms. The van der Waals surface area contributed by atoms with E-state index < -0.39 is 0 Å². The van der Waals surface area contributed by atoms with Crippen molar-refractivity contribution in [3.63, 3.8) is 0 Å². The Morgan fingerprint density at radius 2 is 1.41 bits per heavy atom. The Morgan fingerprint density at radius 1 is 0.882 bits per heavy atom. The van der Waals surface area contributed by atoms with Gasteiger partial charge in [0.2, 0.25) is 10.6 Å². The molecule has 0 atom stereocenters. The summed E-state index contributed by atoms with van der Waals surface area (Å²) in [5, 5.41) is -0.0398. The third-order valence-corrected chi connectivity index (χ3v) is 2.17. The van der Waals surface area contributed by atoms with Crippen LogP contribution in [0.2, 0.25) is 10.6 Å². The molecular formula is C10H7Cl2N3O2. The summed E-state index contributed by atoms with van der Waals surface area (Å²) in [4.78, 5) is 11.2. The number of rotatable bonds is 3. The van der Waals surface area contributed by atoms with Gasteiger partial charge in [-0.2, -0.15) is 15.0 Å². The van der Waals surface area contributed by atoms with Crippen LogP contribution in [0.15, 0.2) is 24.3 Å². The minimum absolute atomic E-state index is 0.0199. The van der Waals surface area contributed by atoms with Gasteiger partial charge in [-0.15, -0.1) is 0 Å². The number of halogens is 2. The lowest BCUT2D eigenvalue weighted by atomic mass is 10.3. The van der Waals surface area contributed by atoms with Crippen LogP contribution in [0.4, 0.5) is 0 Å². The Morgan fingerprint density at radius 3 is 1.94 bits per heavy atom. The maximum Gasteiger partial charge on any atom is 0.327 e. The van der Waals surface area contributed by atoms with Gasteiger partial charge in [0.15, 0.2) is 0 Å². The van der Waals surface area contributed by atoms with E-state index >= 15 is 0 Å². The van der Waals surface area contributed by atoms with Crippen molar-refractivity contribution in [2.45, 2.75) is 0 Å². The quantitative estimate of drug-likeness (QED) is 0.859. The first-order chi connectivity index (χ1) is 8.17. The van der Waals surface area contributed by atoms with Gasteiger partial charge in [0.25, 0.3) is 0 Å². The van der Waals surface area contributed by atoms with Gasteiger partial charge in [0.1, 0.15) is 11.5 Å². The number of ether oxygens (including phenoxy) is 2. The van der Waals surface area contributed by atoms with Crippen molar-refractivity contribution < 1.29 is 9.47 Å². The van der Waals surface area contributed by atoms with E-state index in [0.717, 1.165) is 5.75 Å². The molecular weight excluding hydrogens is 265 g/mol. The monoisotopic (exact) mass is 271 g/mol. The van der Waals surface area contributed by atoms with Crippen molar-refractivity contribution in [3.8, 4) is 17.5 Å². The molecule has 1 heterocycles. The van der Waals surface area contributed by atoms with E-state index in [1.165, 1.54) is 0 Å². The Hall–Kier alpha value is -1.59. The first-order valence-corrected chi connectivity index (χ1v) is 5.32. The molecule has 1 aromatic heterocycles. The third-order valence-electron chi connectivity index (χ3n) is 1.83. The summed E-state index contributed by atoms with van der Waals surface area (Å²) in [5.74, 6) is 1.27. The summed E-state index contributed by atoms with van der Waals surface area (Å²) in [6, 6.07) is 6.97. The molecule has 0 fully saturated rings. The number of benzene rings is 1. The number of hydrogen-bond donors (Lipinski definition) is 0. The zero-order valence-corrected chi connectivity index (χ0v) is 10.2. The second-order valence-electron chi connectivity index (χ2n) is 2.93. The van der Waals surface area contributed by atoms with Gasteiger partial charge < -0.3 is 9.47 Å². The highest BCUT2D eigenvalue weighted by atomic mass is 35.5. The van der Waals surface area contributed by atoms with E-state index in [4.69, 9.17) is 32.7 Å². The van der Waals surface area contributed by atoms with Crippen molar-refractivity contribution in [1.82, 2.24) is 15.0 Å². The number of hydrogen-bond acceptors (Lipinski definition) is 5. The average Bonchev–Trinajstić information content (AvgIpc) is 2.28. The molecule has 0 unspecified atom stereocenters. The molecule has 0 saturated heterocycles. The van der Waals surface area contributed by atoms with E-state index in [-0.39, 0.29) is 16.6 Å². The van der Waals surface area contributed by atoms with Crippen molar-refractivity contribution >= 4 is 23.2 Å². The van der Waals surface area contributed by atoms with Crippen LogP contribution < -0.4 is 9.47 Å². The molecule has 0 saturated carbocycles. The lowest BCUT2D eigenvalue weighted by Gasteiger charge is -2.04. The van der Waals surface area contributed by atoms with Gasteiger partial charge in [0, 0.05) is 0 Å². The van der Waals surface area contributed by atoms with Crippen LogP contribution in [0, 0.1) is 0 Å². The first-order valence-electron chi connectivity index (χ1n) is 4.56. The fraction of sp³-hybridized carbons (Fsp3) is 0.100. The fourth-order valence-electron chi connectivity index (χ4n) is 1.10. The molecule has 0 radical (unpaired) electrons. The Labute approximate surface area is 107 Å². The summed E-state index contributed by atoms with van der Waals surface area (Å²) in [5.41, 5.74) is 0. The topological polar surface area (TPSA) is 57.1 Å². The fourth-order valence-corrected chi connectivity index (χ4v) is 1.45. The van der Waals surface area contributed by atoms with Gasteiger partial charge in [-0.25, -0.2) is 0 Å². The van der Waals surface area contributed by atoms with Crippen molar-refractivity contribution in [2.75, 3.05) is 7.11 Å². The van der Waals surface area contributed by atoms with Gasteiger partial charge in [-0.3, -0.25) is 0 Å². The third kappa shape index (κ3) is 3.18. The highest BCUT2D eigenvalue weighted by molar-refractivity contribution is 6.31. The molecule has 7 heteroatoms. The highest BCUT2D eigenvalue weighted by Crippen LogP contribution is 2.22. The minimum Gasteiger partial charge on any atom is -0.497 e. The van der Waals surface area contributed by atoms with E-state index in [0.29, 0.717) is 5.75 Å². The molecule has 0 aliphatic rings. The normalized spacial score (nSPS) is 10.1. The maximum atomic E-state index is 5.62. The summed E-state index contributed by atoms with van der Waals surface area (Å²) in [6.45, 7) is 0. The zero-order chi connectivity index (χ0) is 12.3. The van der Waals surface area contributed by atoms with Crippen LogP contribution in [0.3, 0.4) is 0 Å². The molecule has 2 aromatic rings. The summed E-state index contributed by atoms with van der Waals surface area (Å²) >= 11 is 11.2. The lowest BCUT2D eigenvalue weighted by Crippen LogP contribution is -1.95. The number of nitrogens with zero attached hydrogens (tertiary/aromatic N) is 3. The zero-order valence-electron chi connectivity index (χ0n) is 8.72. The van der Waals surface area contributed by atoms with E-state index in [1.807, 2.05) is 0 Å². The Kier molecular flexibility index (Phi) is 3.61. The van der Waals surface area contributed by atoms with E-state index in [1.54, 1.807) is 31.4 Å². The second kappa shape index (κ2) is 5.16. The van der Waals surface area contributed by atoms with E-state index in [9.17, 15) is 0 Å². The van der Waals surface area contributed by atoms with Gasteiger partial charge in [-0.1, -0.05) is 0 Å². The minimum atomic E-state index is -0.0199. The van der Waals surface area contributed by atoms with Crippen LogP contribution in [-0.2, 0) is 0 Å². The predicted octanol–water partition coefficient (Wildman–Crippen LogP) is 2.98. The molecule has 0 bridgehead atoms. The molecule has 88 valence electrons. The van der Waals surface area contributed by atoms with Crippen molar-refractivity contribution in [3.05, 3.63) is 34.8 Å². The smallest absolute Gasteiger partial charge is 0.327 e. The molecule has 0 amide bonds. The SMILES string of the molecule is COc1ccc(Oc2nc(Cl)nc(Cl)n2)cc1. The summed E-state index contributed by atoms with van der Waals surface area (Å²) in [7, 11) is 1.58. The number of aromatic nitrogens is 3. The van der Waals surface area contributed by atoms with Crippen LogP contribution in [0.25, 0.3) is 0 Å². The predicted molar refractivity (Wildman–Crippen MR) is 62.9 cm³/mol. The highest BCUT2D eigenvalue weighted by Gasteiger charge is 2.05. The molecule has 0 aliphatic carbocycles. The van der Waals surface area contributed by atoms with Gasteiger partial charge in [-0.05, 0) is 47.5 Å². The summed E-state index contributed by atoms with van der Waals surface area (Å²) < 4.78 is 10.4. The second-order valence-corrected chi connectivity index (χ2v) is 3.61. The number of methoxy groups -OCH3 is 1. The molecule has 0 N–H and O–H groups in total. The van der Waals surface area contributed by atoms with Crippen molar-refractivity contribution in [1.29, 1.82) is 0 Å². The molecule has 2 rings (SSSR count). The van der Waals surface area contributed by atoms with E-state index in [2.05, 4.69) is 15.0 Å². The molecule has 5 nitrogen and oxygen atoms in total. The summed E-state index contributed by atoms with van der Waals surface area (Å²) in [6.07, 6.45) is 0. The maximum absolute atomic E-state index is 5.62. The lowest BCUT2D eigenvalue weighted by molar-refractivity contribution is 0.410. The van der Waals surface area contributed by atoms with Crippen LogP contribution >= 0.6 is 23.2 Å². The first kappa shape index (κ1) is 11.9. The van der Waals surface area contributed by atoms with Crippen LogP contribution in [0.1, 0.15) is 0 Å². The van der Waals surface area contributed by atoms with Crippen LogP contribution in [-0.4, -0.2) is 22.1 Å². The average molecular weight is 272 g/mol. The Bertz CT molecular complexity index is 499. The Balaban J connectivity index is 2.19. The molecule has 0 aliphatic heterocycles. The van der Waals surface area contributed by atoms with Crippen molar-refractivity contribution in [2.24, 2.45) is 0 Å². The van der Waals surface area contributed by atoms with Gasteiger partial charge in [0.05, 0.1) is 7.11 Å². The molecule has 1 aromatic carbocycles. The standard InChI is InChI=1S/C10H7Cl2N3O2/c1-16-6-2-4-7(5-3-6)17-10-14-8(11)13-9(12)15-10/h2-5H,1H3.